The molecule has 0 aliphatic heterocycles. The van der Waals surface area contributed by atoms with E-state index in [-0.39, 0.29) is 0 Å². The maximum atomic E-state index is 10.2. The molecule has 1 nitrogen and oxygen atoms in total. The molecule has 0 fully saturated rings. The molecule has 3 aromatic carbocycles. The average Bonchev–Trinajstić information content (AvgIpc) is 2.44. The SMILES string of the molecule is O[C@@H](CBr)c1cc2cc(Cl)cc(Cl)c2c2cc(Cl)ccc12. The van der Waals surface area contributed by atoms with E-state index in [1.807, 2.05) is 30.3 Å². The smallest absolute Gasteiger partial charge is 0.0893 e. The Morgan fingerprint density at radius 1 is 0.952 bits per heavy atom. The molecule has 0 heterocycles. The summed E-state index contributed by atoms with van der Waals surface area (Å²) in [6, 6.07) is 11.1. The Balaban J connectivity index is 2.53. The largest absolute Gasteiger partial charge is 0.388 e. The molecule has 21 heavy (non-hydrogen) atoms. The van der Waals surface area contributed by atoms with E-state index in [2.05, 4.69) is 15.9 Å². The standard InChI is InChI=1S/C16H10BrCl3O/c17-7-15(21)12-4-8-3-10(19)6-14(20)16(8)13-5-9(18)1-2-11(12)13/h1-6,15,21H,7H2/t15-/m0/s1. The fourth-order valence-electron chi connectivity index (χ4n) is 2.57. The summed E-state index contributed by atoms with van der Waals surface area (Å²) in [6.07, 6.45) is -0.615. The molecule has 3 rings (SSSR count). The summed E-state index contributed by atoms with van der Waals surface area (Å²) in [7, 11) is 0. The normalized spacial score (nSPS) is 13.0. The Hall–Kier alpha value is -0.510. The van der Waals surface area contributed by atoms with E-state index >= 15 is 0 Å². The van der Waals surface area contributed by atoms with Crippen LogP contribution in [0, 0.1) is 0 Å². The number of fused-ring (bicyclic) bond motifs is 3. The van der Waals surface area contributed by atoms with Crippen molar-refractivity contribution >= 4 is 72.3 Å². The minimum atomic E-state index is -0.615. The van der Waals surface area contributed by atoms with Gasteiger partial charge in [0.2, 0.25) is 0 Å². The van der Waals surface area contributed by atoms with E-state index in [0.29, 0.717) is 20.4 Å². The van der Waals surface area contributed by atoms with Crippen molar-refractivity contribution in [2.45, 2.75) is 6.10 Å². The van der Waals surface area contributed by atoms with E-state index < -0.39 is 6.10 Å². The molecule has 0 aliphatic rings. The second-order valence-corrected chi connectivity index (χ2v) is 6.74. The molecule has 3 aromatic rings. The molecule has 0 saturated heterocycles. The molecule has 0 spiro atoms. The Morgan fingerprint density at radius 3 is 2.43 bits per heavy atom. The predicted octanol–water partition coefficient (Wildman–Crippen LogP) is 6.38. The van der Waals surface area contributed by atoms with Crippen LogP contribution in [0.15, 0.2) is 36.4 Å². The molecule has 108 valence electrons. The number of halogens is 4. The number of rotatable bonds is 2. The number of alkyl halides is 1. The molecule has 1 N–H and O–H groups in total. The first-order valence-corrected chi connectivity index (χ1v) is 8.51. The van der Waals surface area contributed by atoms with Gasteiger partial charge in [-0.1, -0.05) is 56.8 Å². The zero-order valence-electron chi connectivity index (χ0n) is 10.7. The quantitative estimate of drug-likeness (QED) is 0.388. The molecule has 0 saturated carbocycles. The van der Waals surface area contributed by atoms with Gasteiger partial charge < -0.3 is 5.11 Å². The summed E-state index contributed by atoms with van der Waals surface area (Å²) in [5.41, 5.74) is 0.823. The average molecular weight is 405 g/mol. The summed E-state index contributed by atoms with van der Waals surface area (Å²) >= 11 is 21.9. The van der Waals surface area contributed by atoms with Gasteiger partial charge in [0.1, 0.15) is 0 Å². The minimum Gasteiger partial charge on any atom is -0.388 e. The maximum absolute atomic E-state index is 10.2. The highest BCUT2D eigenvalue weighted by Gasteiger charge is 2.15. The van der Waals surface area contributed by atoms with Crippen molar-refractivity contribution in [3.05, 3.63) is 57.0 Å². The maximum Gasteiger partial charge on any atom is 0.0893 e. The summed E-state index contributed by atoms with van der Waals surface area (Å²) in [6.45, 7) is 0. The van der Waals surface area contributed by atoms with Gasteiger partial charge in [-0.3, -0.25) is 0 Å². The molecule has 0 aromatic heterocycles. The zero-order valence-corrected chi connectivity index (χ0v) is 14.6. The number of benzene rings is 3. The molecule has 0 bridgehead atoms. The van der Waals surface area contributed by atoms with E-state index in [4.69, 9.17) is 34.8 Å². The Labute approximate surface area is 145 Å². The van der Waals surface area contributed by atoms with Gasteiger partial charge in [0.05, 0.1) is 11.1 Å². The second-order valence-electron chi connectivity index (χ2n) is 4.81. The molecular weight excluding hydrogens is 394 g/mol. The topological polar surface area (TPSA) is 20.2 Å². The van der Waals surface area contributed by atoms with Crippen LogP contribution in [0.2, 0.25) is 15.1 Å². The summed E-state index contributed by atoms with van der Waals surface area (Å²) in [5.74, 6) is 0. The fourth-order valence-corrected chi connectivity index (χ4v) is 3.70. The Bertz CT molecular complexity index is 848. The third-order valence-corrected chi connectivity index (χ3v) is 4.83. The first-order valence-electron chi connectivity index (χ1n) is 6.26. The number of hydrogen-bond acceptors (Lipinski definition) is 1. The highest BCUT2D eigenvalue weighted by molar-refractivity contribution is 9.09. The molecule has 0 radical (unpaired) electrons. The van der Waals surface area contributed by atoms with Crippen molar-refractivity contribution < 1.29 is 5.11 Å². The number of hydrogen-bond donors (Lipinski definition) is 1. The second kappa shape index (κ2) is 5.94. The summed E-state index contributed by atoms with van der Waals surface area (Å²) < 4.78 is 0. The highest BCUT2D eigenvalue weighted by Crippen LogP contribution is 2.38. The van der Waals surface area contributed by atoms with E-state index in [9.17, 15) is 5.11 Å². The number of aliphatic hydroxyl groups is 1. The van der Waals surface area contributed by atoms with Gasteiger partial charge in [-0.2, -0.15) is 0 Å². The van der Waals surface area contributed by atoms with Gasteiger partial charge in [0.15, 0.2) is 0 Å². The summed E-state index contributed by atoms with van der Waals surface area (Å²) in [5, 5.41) is 16.1. The lowest BCUT2D eigenvalue weighted by Gasteiger charge is -2.15. The monoisotopic (exact) mass is 402 g/mol. The zero-order chi connectivity index (χ0) is 15.1. The third-order valence-electron chi connectivity index (χ3n) is 3.46. The van der Waals surface area contributed by atoms with E-state index in [1.54, 1.807) is 6.07 Å². The lowest BCUT2D eigenvalue weighted by Crippen LogP contribution is -2.00. The van der Waals surface area contributed by atoms with Crippen LogP contribution >= 0.6 is 50.7 Å². The van der Waals surface area contributed by atoms with Crippen LogP contribution in [0.5, 0.6) is 0 Å². The van der Waals surface area contributed by atoms with Crippen molar-refractivity contribution in [2.24, 2.45) is 0 Å². The van der Waals surface area contributed by atoms with E-state index in [0.717, 1.165) is 27.1 Å². The third kappa shape index (κ3) is 2.76. The van der Waals surface area contributed by atoms with Crippen LogP contribution in [0.4, 0.5) is 0 Å². The van der Waals surface area contributed by atoms with E-state index in [1.165, 1.54) is 0 Å². The van der Waals surface area contributed by atoms with Crippen LogP contribution in [0.25, 0.3) is 21.5 Å². The highest BCUT2D eigenvalue weighted by atomic mass is 79.9. The first kappa shape index (κ1) is 15.4. The van der Waals surface area contributed by atoms with Gasteiger partial charge >= 0.3 is 0 Å². The first-order chi connectivity index (χ1) is 10.0. The van der Waals surface area contributed by atoms with Crippen molar-refractivity contribution in [2.75, 3.05) is 5.33 Å². The van der Waals surface area contributed by atoms with Crippen molar-refractivity contribution in [3.63, 3.8) is 0 Å². The molecule has 1 atom stereocenters. The molecule has 0 amide bonds. The van der Waals surface area contributed by atoms with Gasteiger partial charge in [-0.05, 0) is 52.1 Å². The van der Waals surface area contributed by atoms with Crippen LogP contribution < -0.4 is 0 Å². The summed E-state index contributed by atoms with van der Waals surface area (Å²) in [4.78, 5) is 0. The van der Waals surface area contributed by atoms with Gasteiger partial charge in [0.25, 0.3) is 0 Å². The minimum absolute atomic E-state index is 0.449. The van der Waals surface area contributed by atoms with Gasteiger partial charge in [-0.25, -0.2) is 0 Å². The van der Waals surface area contributed by atoms with Gasteiger partial charge in [0, 0.05) is 20.8 Å². The van der Waals surface area contributed by atoms with Crippen LogP contribution in [-0.4, -0.2) is 10.4 Å². The lowest BCUT2D eigenvalue weighted by atomic mass is 9.95. The molecule has 0 unspecified atom stereocenters. The van der Waals surface area contributed by atoms with Crippen molar-refractivity contribution in [1.29, 1.82) is 0 Å². The molecule has 0 aliphatic carbocycles. The Kier molecular flexibility index (Phi) is 4.35. The van der Waals surface area contributed by atoms with Gasteiger partial charge in [-0.15, -0.1) is 0 Å². The van der Waals surface area contributed by atoms with Crippen molar-refractivity contribution in [1.82, 2.24) is 0 Å². The van der Waals surface area contributed by atoms with Crippen molar-refractivity contribution in [3.8, 4) is 0 Å². The van der Waals surface area contributed by atoms with Crippen LogP contribution in [0.3, 0.4) is 0 Å². The molecule has 5 heteroatoms. The lowest BCUT2D eigenvalue weighted by molar-refractivity contribution is 0.207. The number of aliphatic hydroxyl groups excluding tert-OH is 1. The Morgan fingerprint density at radius 2 is 1.71 bits per heavy atom. The molecular formula is C16H10BrCl3O. The van der Waals surface area contributed by atoms with Crippen LogP contribution in [0.1, 0.15) is 11.7 Å². The van der Waals surface area contributed by atoms with Crippen LogP contribution in [-0.2, 0) is 0 Å². The predicted molar refractivity (Wildman–Crippen MR) is 95.2 cm³/mol. The fraction of sp³-hybridized carbons (Fsp3) is 0.125.